The monoisotopic (exact) mass is 445 g/mol. The van der Waals surface area contributed by atoms with Gasteiger partial charge in [-0.1, -0.05) is 19.6 Å². The number of rotatable bonds is 6. The molecule has 0 unspecified atom stereocenters. The van der Waals surface area contributed by atoms with Gasteiger partial charge in [-0.2, -0.15) is 18.3 Å². The van der Waals surface area contributed by atoms with Crippen LogP contribution in [0, 0.1) is 5.82 Å². The van der Waals surface area contributed by atoms with E-state index in [2.05, 4.69) is 24.7 Å². The Labute approximate surface area is 171 Å². The van der Waals surface area contributed by atoms with Crippen LogP contribution in [0.5, 0.6) is 5.75 Å². The number of hydrogen-bond acceptors (Lipinski definition) is 5. The fourth-order valence-corrected chi connectivity index (χ4v) is 3.94. The van der Waals surface area contributed by atoms with Crippen molar-refractivity contribution in [3.8, 4) is 5.75 Å². The number of aromatic nitrogens is 2. The molecule has 1 aromatic heterocycles. The summed E-state index contributed by atoms with van der Waals surface area (Å²) in [5, 5.41) is 13.4. The summed E-state index contributed by atoms with van der Waals surface area (Å²) >= 11 is 0. The lowest BCUT2D eigenvalue weighted by atomic mass is 10.1. The molecule has 0 spiro atoms. The molecule has 2 aromatic rings. The first-order valence-electron chi connectivity index (χ1n) is 9.37. The van der Waals surface area contributed by atoms with Gasteiger partial charge in [0.2, 0.25) is 0 Å². The maximum Gasteiger partial charge on any atom is 0.423 e. The normalized spacial score (nSPS) is 14.3. The largest absolute Gasteiger partial charge is 0.505 e. The summed E-state index contributed by atoms with van der Waals surface area (Å²) in [6.07, 6.45) is -3.92. The molecule has 2 heterocycles. The van der Waals surface area contributed by atoms with Crippen LogP contribution in [0.1, 0.15) is 16.7 Å². The number of nitrogens with zero attached hydrogens (tertiary/aromatic N) is 3. The predicted molar refractivity (Wildman–Crippen MR) is 106 cm³/mol. The molecule has 0 fully saturated rings. The number of alkyl halides is 3. The van der Waals surface area contributed by atoms with Crippen LogP contribution in [0.3, 0.4) is 0 Å². The first-order chi connectivity index (χ1) is 13.9. The van der Waals surface area contributed by atoms with Gasteiger partial charge < -0.3 is 14.7 Å². The second-order valence-electron chi connectivity index (χ2n) is 8.48. The fourth-order valence-electron chi connectivity index (χ4n) is 3.19. The van der Waals surface area contributed by atoms with E-state index in [1.807, 2.05) is 0 Å². The molecule has 6 nitrogen and oxygen atoms in total. The Hall–Kier alpha value is -2.40. The zero-order valence-electron chi connectivity index (χ0n) is 16.9. The van der Waals surface area contributed by atoms with Crippen molar-refractivity contribution in [3.63, 3.8) is 0 Å². The van der Waals surface area contributed by atoms with Gasteiger partial charge >= 0.3 is 6.18 Å². The summed E-state index contributed by atoms with van der Waals surface area (Å²) in [7, 11) is -1.38. The third kappa shape index (κ3) is 4.83. The Balaban J connectivity index is 1.87. The van der Waals surface area contributed by atoms with Gasteiger partial charge in [0.15, 0.2) is 11.6 Å². The maximum atomic E-state index is 13.7. The molecular formula is C19H23F4N3O3Si. The number of ether oxygens (including phenoxy) is 1. The third-order valence-corrected chi connectivity index (χ3v) is 6.55. The van der Waals surface area contributed by atoms with Gasteiger partial charge in [0.25, 0.3) is 5.56 Å². The number of halogens is 4. The summed E-state index contributed by atoms with van der Waals surface area (Å²) in [5.74, 6) is -1.42. The van der Waals surface area contributed by atoms with Gasteiger partial charge in [0, 0.05) is 27.8 Å². The molecule has 1 N–H and O–H groups in total. The van der Waals surface area contributed by atoms with Crippen molar-refractivity contribution >= 4 is 13.8 Å². The van der Waals surface area contributed by atoms with E-state index in [1.54, 1.807) is 0 Å². The van der Waals surface area contributed by atoms with Crippen molar-refractivity contribution in [3.05, 3.63) is 51.2 Å². The maximum absolute atomic E-state index is 13.7. The molecule has 1 aliphatic rings. The minimum absolute atomic E-state index is 0.00982. The summed E-state index contributed by atoms with van der Waals surface area (Å²) < 4.78 is 60.8. The number of fused-ring (bicyclic) bond motifs is 1. The van der Waals surface area contributed by atoms with Gasteiger partial charge in [-0.3, -0.25) is 4.79 Å². The number of phenols is 1. The van der Waals surface area contributed by atoms with Crippen LogP contribution >= 0.6 is 0 Å². The lowest BCUT2D eigenvalue weighted by molar-refractivity contribution is -0.138. The standard InChI is InChI=1S/C19H23F4N3O3Si/c1-30(2,3)5-4-29-11-26-18(28)17(19(21,22)23)15(8-24-26)25-9-12-6-14(20)16(27)7-13(12)10-25/h6-8,27H,4-5,9-11H2,1-3H3. The predicted octanol–water partition coefficient (Wildman–Crippen LogP) is 3.94. The van der Waals surface area contributed by atoms with E-state index in [0.717, 1.165) is 18.3 Å². The van der Waals surface area contributed by atoms with E-state index in [4.69, 9.17) is 4.74 Å². The molecule has 0 amide bonds. The van der Waals surface area contributed by atoms with Crippen LogP contribution < -0.4 is 10.5 Å². The molecule has 0 atom stereocenters. The average Bonchev–Trinajstić information content (AvgIpc) is 3.00. The number of phenolic OH excluding ortho intramolecular Hbond substituents is 1. The Morgan fingerprint density at radius 3 is 2.43 bits per heavy atom. The van der Waals surface area contributed by atoms with Crippen molar-refractivity contribution < 1.29 is 27.4 Å². The second kappa shape index (κ2) is 8.03. The van der Waals surface area contributed by atoms with E-state index in [-0.39, 0.29) is 25.5 Å². The fraction of sp³-hybridized carbons (Fsp3) is 0.474. The number of benzene rings is 1. The van der Waals surface area contributed by atoms with Crippen molar-refractivity contribution in [2.45, 2.75) is 51.7 Å². The van der Waals surface area contributed by atoms with Crippen molar-refractivity contribution in [2.75, 3.05) is 11.5 Å². The number of aromatic hydroxyl groups is 1. The molecule has 1 aromatic carbocycles. The number of hydrogen-bond donors (Lipinski definition) is 1. The van der Waals surface area contributed by atoms with Gasteiger partial charge in [-0.05, 0) is 29.3 Å². The van der Waals surface area contributed by atoms with Crippen molar-refractivity contribution in [2.24, 2.45) is 0 Å². The van der Waals surface area contributed by atoms with E-state index in [0.29, 0.717) is 22.4 Å². The van der Waals surface area contributed by atoms with Gasteiger partial charge in [-0.25, -0.2) is 9.07 Å². The Morgan fingerprint density at radius 1 is 1.20 bits per heavy atom. The molecule has 11 heteroatoms. The number of anilines is 1. The molecule has 164 valence electrons. The third-order valence-electron chi connectivity index (χ3n) is 4.85. The summed E-state index contributed by atoms with van der Waals surface area (Å²) in [4.78, 5) is 13.8. The quantitative estimate of drug-likeness (QED) is 0.415. The molecule has 0 aliphatic carbocycles. The highest BCUT2D eigenvalue weighted by molar-refractivity contribution is 6.76. The van der Waals surface area contributed by atoms with Crippen LogP contribution in [0.4, 0.5) is 23.2 Å². The van der Waals surface area contributed by atoms with Crippen molar-refractivity contribution in [1.82, 2.24) is 9.78 Å². The summed E-state index contributed by atoms with van der Waals surface area (Å²) in [6, 6.07) is 3.07. The Bertz CT molecular complexity index is 971. The lowest BCUT2D eigenvalue weighted by Crippen LogP contribution is -2.34. The Kier molecular flexibility index (Phi) is 5.96. The van der Waals surface area contributed by atoms with E-state index in [1.165, 1.54) is 11.0 Å². The second-order valence-corrected chi connectivity index (χ2v) is 14.1. The highest BCUT2D eigenvalue weighted by atomic mass is 28.3. The zero-order valence-corrected chi connectivity index (χ0v) is 17.9. The highest BCUT2D eigenvalue weighted by Crippen LogP contribution is 2.38. The van der Waals surface area contributed by atoms with E-state index >= 15 is 0 Å². The van der Waals surface area contributed by atoms with Gasteiger partial charge in [0.05, 0.1) is 11.9 Å². The minimum Gasteiger partial charge on any atom is -0.505 e. The zero-order chi connectivity index (χ0) is 22.3. The van der Waals surface area contributed by atoms with E-state index in [9.17, 15) is 27.5 Å². The Morgan fingerprint density at radius 2 is 1.83 bits per heavy atom. The smallest absolute Gasteiger partial charge is 0.423 e. The van der Waals surface area contributed by atoms with Crippen LogP contribution in [0.15, 0.2) is 23.1 Å². The first kappa shape index (κ1) is 22.3. The van der Waals surface area contributed by atoms with Crippen LogP contribution in [-0.2, 0) is 30.7 Å². The molecule has 1 aliphatic heterocycles. The van der Waals surface area contributed by atoms with E-state index < -0.39 is 36.9 Å². The molecule has 0 saturated heterocycles. The van der Waals surface area contributed by atoms with Crippen LogP contribution in [-0.4, -0.2) is 29.6 Å². The minimum atomic E-state index is -4.91. The topological polar surface area (TPSA) is 67.6 Å². The average molecular weight is 445 g/mol. The summed E-state index contributed by atoms with van der Waals surface area (Å²) in [5.41, 5.74) is -2.10. The lowest BCUT2D eigenvalue weighted by Gasteiger charge is -2.22. The van der Waals surface area contributed by atoms with Crippen LogP contribution in [0.25, 0.3) is 0 Å². The van der Waals surface area contributed by atoms with Crippen LogP contribution in [0.2, 0.25) is 25.7 Å². The molecule has 0 bridgehead atoms. The highest BCUT2D eigenvalue weighted by Gasteiger charge is 2.40. The molecule has 30 heavy (non-hydrogen) atoms. The molecule has 0 radical (unpaired) electrons. The van der Waals surface area contributed by atoms with Crippen molar-refractivity contribution in [1.29, 1.82) is 0 Å². The SMILES string of the molecule is C[Si](C)(C)CCOCn1ncc(N2Cc3cc(O)c(F)cc3C2)c(C(F)(F)F)c1=O. The molecule has 3 rings (SSSR count). The van der Waals surface area contributed by atoms with Gasteiger partial charge in [0.1, 0.15) is 12.3 Å². The first-order valence-corrected chi connectivity index (χ1v) is 13.1. The van der Waals surface area contributed by atoms with Gasteiger partial charge in [-0.15, -0.1) is 0 Å². The summed E-state index contributed by atoms with van der Waals surface area (Å²) in [6.45, 7) is 6.33. The molecular weight excluding hydrogens is 422 g/mol. The molecule has 0 saturated carbocycles.